The van der Waals surface area contributed by atoms with Gasteiger partial charge in [0.25, 0.3) is 0 Å². The van der Waals surface area contributed by atoms with Crippen LogP contribution in [0.15, 0.2) is 46.8 Å². The summed E-state index contributed by atoms with van der Waals surface area (Å²) in [6, 6.07) is 11.0. The van der Waals surface area contributed by atoms with Crippen molar-refractivity contribution in [2.45, 2.75) is 19.5 Å². The van der Waals surface area contributed by atoms with Gasteiger partial charge < -0.3 is 15.5 Å². The first kappa shape index (κ1) is 21.9. The highest BCUT2D eigenvalue weighted by Gasteiger charge is 2.15. The Bertz CT molecular complexity index is 646. The van der Waals surface area contributed by atoms with Crippen molar-refractivity contribution >= 4 is 41.3 Å². The first-order chi connectivity index (χ1) is 11.6. The van der Waals surface area contributed by atoms with Crippen LogP contribution >= 0.6 is 35.3 Å². The number of rotatable bonds is 7. The number of aliphatic imine (C=N–C) groups is 1. The number of benzene rings is 1. The van der Waals surface area contributed by atoms with E-state index in [1.165, 1.54) is 17.0 Å². The Balaban J connectivity index is 0.00000312. The molecule has 1 unspecified atom stereocenters. The molecule has 138 valence electrons. The van der Waals surface area contributed by atoms with Crippen LogP contribution in [0.4, 0.5) is 4.39 Å². The molecule has 0 amide bonds. The van der Waals surface area contributed by atoms with E-state index in [0.29, 0.717) is 6.54 Å². The van der Waals surface area contributed by atoms with Gasteiger partial charge in [0.2, 0.25) is 0 Å². The van der Waals surface area contributed by atoms with E-state index in [1.807, 2.05) is 13.0 Å². The predicted octanol–water partition coefficient (Wildman–Crippen LogP) is 3.86. The third-order valence-electron chi connectivity index (χ3n) is 3.61. The van der Waals surface area contributed by atoms with Crippen LogP contribution in [0.3, 0.4) is 0 Å². The Labute approximate surface area is 170 Å². The van der Waals surface area contributed by atoms with E-state index in [2.05, 4.69) is 52.1 Å². The summed E-state index contributed by atoms with van der Waals surface area (Å²) in [5.41, 5.74) is 0.856. The molecule has 0 aliphatic rings. The third-order valence-corrected chi connectivity index (χ3v) is 4.58. The van der Waals surface area contributed by atoms with E-state index in [0.717, 1.165) is 24.6 Å². The van der Waals surface area contributed by atoms with Crippen molar-refractivity contribution in [3.63, 3.8) is 0 Å². The van der Waals surface area contributed by atoms with Gasteiger partial charge in [0.05, 0.1) is 12.6 Å². The molecule has 0 bridgehead atoms. The second-order valence-electron chi connectivity index (χ2n) is 5.70. The molecule has 0 aliphatic carbocycles. The minimum atomic E-state index is -0.231. The molecule has 4 nitrogen and oxygen atoms in total. The summed E-state index contributed by atoms with van der Waals surface area (Å²) in [5, 5.41) is 8.71. The summed E-state index contributed by atoms with van der Waals surface area (Å²) in [4.78, 5) is 8.05. The van der Waals surface area contributed by atoms with Crippen molar-refractivity contribution in [2.75, 3.05) is 27.2 Å². The Morgan fingerprint density at radius 3 is 2.64 bits per heavy atom. The molecule has 0 saturated carbocycles. The van der Waals surface area contributed by atoms with Gasteiger partial charge in [-0.05, 0) is 50.2 Å². The fourth-order valence-electron chi connectivity index (χ4n) is 2.36. The number of hydrogen-bond acceptors (Lipinski definition) is 3. The first-order valence-electron chi connectivity index (χ1n) is 8.06. The van der Waals surface area contributed by atoms with E-state index in [4.69, 9.17) is 0 Å². The lowest BCUT2D eigenvalue weighted by Crippen LogP contribution is -2.41. The fourth-order valence-corrected chi connectivity index (χ4v) is 3.28. The zero-order valence-corrected chi connectivity index (χ0v) is 18.0. The van der Waals surface area contributed by atoms with Gasteiger partial charge in [0, 0.05) is 18.0 Å². The van der Waals surface area contributed by atoms with Gasteiger partial charge in [-0.3, -0.25) is 0 Å². The normalized spacial score (nSPS) is 12.6. The molecule has 0 saturated heterocycles. The molecule has 0 aliphatic heterocycles. The van der Waals surface area contributed by atoms with Gasteiger partial charge in [0.1, 0.15) is 5.82 Å². The summed E-state index contributed by atoms with van der Waals surface area (Å²) >= 11 is 1.75. The maximum absolute atomic E-state index is 13.3. The molecular weight excluding hydrogens is 450 g/mol. The molecule has 2 N–H and O–H groups in total. The summed E-state index contributed by atoms with van der Waals surface area (Å²) in [6.07, 6.45) is 0. The van der Waals surface area contributed by atoms with Crippen molar-refractivity contribution in [2.24, 2.45) is 4.99 Å². The summed E-state index contributed by atoms with van der Waals surface area (Å²) in [6.45, 7) is 4.00. The molecule has 2 rings (SSSR count). The molecule has 1 atom stereocenters. The first-order valence-corrected chi connectivity index (χ1v) is 8.94. The van der Waals surface area contributed by atoms with Gasteiger partial charge in [-0.2, -0.15) is 0 Å². The lowest BCUT2D eigenvalue weighted by atomic mass is 10.2. The number of nitrogens with zero attached hydrogens (tertiary/aromatic N) is 2. The SMILES string of the molecule is CCNC(=NCc1cccc(F)c1)NCC(c1cccs1)N(C)C.I. The highest BCUT2D eigenvalue weighted by Crippen LogP contribution is 2.22. The standard InChI is InChI=1S/C18H25FN4S.HI/c1-4-20-18(21-12-14-7-5-8-15(19)11-14)22-13-16(23(2)3)17-9-6-10-24-17;/h5-11,16H,4,12-13H2,1-3H3,(H2,20,21,22);1H. The van der Waals surface area contributed by atoms with Crippen LogP contribution < -0.4 is 10.6 Å². The van der Waals surface area contributed by atoms with Gasteiger partial charge in [-0.15, -0.1) is 35.3 Å². The quantitative estimate of drug-likeness (QED) is 0.362. The van der Waals surface area contributed by atoms with Gasteiger partial charge in [-0.25, -0.2) is 9.38 Å². The van der Waals surface area contributed by atoms with Crippen LogP contribution in [0.25, 0.3) is 0 Å². The van der Waals surface area contributed by atoms with Crippen molar-refractivity contribution < 1.29 is 4.39 Å². The molecule has 25 heavy (non-hydrogen) atoms. The van der Waals surface area contributed by atoms with Crippen LogP contribution in [0.2, 0.25) is 0 Å². The average molecular weight is 476 g/mol. The Kier molecular flexibility index (Phi) is 9.99. The number of likely N-dealkylation sites (N-methyl/N-ethyl adjacent to an activating group) is 1. The second-order valence-corrected chi connectivity index (χ2v) is 6.68. The van der Waals surface area contributed by atoms with Crippen molar-refractivity contribution in [3.05, 3.63) is 58.0 Å². The zero-order chi connectivity index (χ0) is 17.4. The predicted molar refractivity (Wildman–Crippen MR) is 115 cm³/mol. The maximum atomic E-state index is 13.3. The number of hydrogen-bond donors (Lipinski definition) is 2. The molecule has 1 aromatic carbocycles. The largest absolute Gasteiger partial charge is 0.357 e. The Morgan fingerprint density at radius 2 is 2.04 bits per heavy atom. The molecule has 0 fully saturated rings. The fraction of sp³-hybridized carbons (Fsp3) is 0.389. The van der Waals surface area contributed by atoms with Gasteiger partial charge >= 0.3 is 0 Å². The molecule has 0 spiro atoms. The van der Waals surface area contributed by atoms with Crippen molar-refractivity contribution in [3.8, 4) is 0 Å². The highest BCUT2D eigenvalue weighted by atomic mass is 127. The van der Waals surface area contributed by atoms with Crippen LogP contribution in [0, 0.1) is 5.82 Å². The number of guanidine groups is 1. The molecule has 7 heteroatoms. The summed E-state index contributed by atoms with van der Waals surface area (Å²) < 4.78 is 13.3. The Hall–Kier alpha value is -1.19. The minimum absolute atomic E-state index is 0. The maximum Gasteiger partial charge on any atom is 0.191 e. The smallest absolute Gasteiger partial charge is 0.191 e. The van der Waals surface area contributed by atoms with E-state index >= 15 is 0 Å². The van der Waals surface area contributed by atoms with Gasteiger partial charge in [-0.1, -0.05) is 18.2 Å². The lowest BCUT2D eigenvalue weighted by Gasteiger charge is -2.24. The van der Waals surface area contributed by atoms with E-state index in [9.17, 15) is 4.39 Å². The van der Waals surface area contributed by atoms with Crippen LogP contribution in [0.1, 0.15) is 23.4 Å². The van der Waals surface area contributed by atoms with Crippen LogP contribution in [-0.4, -0.2) is 38.0 Å². The molecule has 1 heterocycles. The number of thiophene rings is 1. The van der Waals surface area contributed by atoms with E-state index < -0.39 is 0 Å². The van der Waals surface area contributed by atoms with Crippen LogP contribution in [-0.2, 0) is 6.54 Å². The van der Waals surface area contributed by atoms with E-state index in [1.54, 1.807) is 17.4 Å². The molecule has 2 aromatic rings. The zero-order valence-electron chi connectivity index (χ0n) is 14.8. The molecular formula is C18H26FIN4S. The highest BCUT2D eigenvalue weighted by molar-refractivity contribution is 14.0. The molecule has 1 aromatic heterocycles. The minimum Gasteiger partial charge on any atom is -0.357 e. The Morgan fingerprint density at radius 1 is 1.24 bits per heavy atom. The lowest BCUT2D eigenvalue weighted by molar-refractivity contribution is 0.302. The molecule has 0 radical (unpaired) electrons. The van der Waals surface area contributed by atoms with E-state index in [-0.39, 0.29) is 35.8 Å². The van der Waals surface area contributed by atoms with Crippen molar-refractivity contribution in [1.82, 2.24) is 15.5 Å². The topological polar surface area (TPSA) is 39.7 Å². The van der Waals surface area contributed by atoms with Crippen LogP contribution in [0.5, 0.6) is 0 Å². The third kappa shape index (κ3) is 7.29. The van der Waals surface area contributed by atoms with Gasteiger partial charge in [0.15, 0.2) is 5.96 Å². The van der Waals surface area contributed by atoms with Crippen molar-refractivity contribution in [1.29, 1.82) is 0 Å². The number of halogens is 2. The summed E-state index contributed by atoms with van der Waals surface area (Å²) in [5.74, 6) is 0.510. The monoisotopic (exact) mass is 476 g/mol. The average Bonchev–Trinajstić information content (AvgIpc) is 3.06. The second kappa shape index (κ2) is 11.4. The number of nitrogens with one attached hydrogen (secondary N) is 2. The summed E-state index contributed by atoms with van der Waals surface area (Å²) in [7, 11) is 4.14.